The van der Waals surface area contributed by atoms with Gasteiger partial charge in [-0.15, -0.1) is 5.92 Å². The number of benzene rings is 1. The maximum Gasteiger partial charge on any atom is 0.306 e. The van der Waals surface area contributed by atoms with E-state index in [1.54, 1.807) is 0 Å². The lowest BCUT2D eigenvalue weighted by molar-refractivity contribution is -0.143. The standard InChI is InChI=1S/C25H38O3/c1-3-5-6-7-8-9-10-11-12-13-16-21-27-22-24-18-15-14-17-23(24)19-20-25(26)28-4-2/h14-15,17-18H,3-12,19-22H2,1-2H3. The molecule has 0 unspecified atom stereocenters. The zero-order chi connectivity index (χ0) is 20.3. The van der Waals surface area contributed by atoms with E-state index < -0.39 is 0 Å². The Kier molecular flexibility index (Phi) is 15.0. The van der Waals surface area contributed by atoms with Crippen molar-refractivity contribution in [2.24, 2.45) is 0 Å². The van der Waals surface area contributed by atoms with Gasteiger partial charge in [0.15, 0.2) is 0 Å². The topological polar surface area (TPSA) is 35.5 Å². The Morgan fingerprint density at radius 2 is 1.57 bits per heavy atom. The molecular formula is C25H38O3. The van der Waals surface area contributed by atoms with Gasteiger partial charge in [0, 0.05) is 12.8 Å². The Hall–Kier alpha value is -1.79. The maximum absolute atomic E-state index is 11.5. The zero-order valence-corrected chi connectivity index (χ0v) is 17.9. The number of hydrogen-bond donors (Lipinski definition) is 0. The smallest absolute Gasteiger partial charge is 0.306 e. The van der Waals surface area contributed by atoms with Crippen LogP contribution in [0.1, 0.15) is 89.2 Å². The van der Waals surface area contributed by atoms with Crippen molar-refractivity contribution in [2.75, 3.05) is 13.2 Å². The predicted molar refractivity (Wildman–Crippen MR) is 116 cm³/mol. The van der Waals surface area contributed by atoms with Gasteiger partial charge in [-0.05, 0) is 30.9 Å². The molecule has 0 bridgehead atoms. The highest BCUT2D eigenvalue weighted by molar-refractivity contribution is 5.69. The van der Waals surface area contributed by atoms with Gasteiger partial charge in [-0.1, -0.05) is 82.1 Å². The third-order valence-corrected chi connectivity index (χ3v) is 4.73. The molecule has 0 aliphatic carbocycles. The molecule has 0 heterocycles. The van der Waals surface area contributed by atoms with Crippen LogP contribution in [0.5, 0.6) is 0 Å². The lowest BCUT2D eigenvalue weighted by Crippen LogP contribution is -2.06. The first-order chi connectivity index (χ1) is 13.8. The molecule has 0 saturated heterocycles. The summed E-state index contributed by atoms with van der Waals surface area (Å²) in [5, 5.41) is 0. The van der Waals surface area contributed by atoms with Crippen LogP contribution < -0.4 is 0 Å². The number of ether oxygens (including phenoxy) is 2. The van der Waals surface area contributed by atoms with Gasteiger partial charge in [0.2, 0.25) is 0 Å². The predicted octanol–water partition coefficient (Wildman–Crippen LogP) is 6.23. The second kappa shape index (κ2) is 17.3. The Bertz CT molecular complexity index is 583. The van der Waals surface area contributed by atoms with Crippen LogP contribution in [-0.4, -0.2) is 19.2 Å². The SMILES string of the molecule is CCCCCCCCCCC#CCOCc1ccccc1CCC(=O)OCC. The zero-order valence-electron chi connectivity index (χ0n) is 17.9. The summed E-state index contributed by atoms with van der Waals surface area (Å²) in [4.78, 5) is 11.5. The van der Waals surface area contributed by atoms with Crippen molar-refractivity contribution in [1.29, 1.82) is 0 Å². The fourth-order valence-electron chi connectivity index (χ4n) is 3.11. The third kappa shape index (κ3) is 12.6. The number of carbonyl (C=O) groups is 1. The first-order valence-corrected chi connectivity index (χ1v) is 11.0. The number of hydrogen-bond acceptors (Lipinski definition) is 3. The Morgan fingerprint density at radius 1 is 0.893 bits per heavy atom. The van der Waals surface area contributed by atoms with Crippen LogP contribution in [0.4, 0.5) is 0 Å². The fourth-order valence-corrected chi connectivity index (χ4v) is 3.11. The van der Waals surface area contributed by atoms with E-state index in [9.17, 15) is 4.79 Å². The summed E-state index contributed by atoms with van der Waals surface area (Å²) in [7, 11) is 0. The first kappa shape index (κ1) is 24.2. The van der Waals surface area contributed by atoms with E-state index in [2.05, 4.69) is 24.8 Å². The van der Waals surface area contributed by atoms with Crippen molar-refractivity contribution in [2.45, 2.75) is 91.1 Å². The van der Waals surface area contributed by atoms with Crippen molar-refractivity contribution >= 4 is 5.97 Å². The number of rotatable bonds is 15. The van der Waals surface area contributed by atoms with Crippen molar-refractivity contribution in [3.05, 3.63) is 35.4 Å². The molecular weight excluding hydrogens is 348 g/mol. The molecule has 0 N–H and O–H groups in total. The molecule has 0 spiro atoms. The Morgan fingerprint density at radius 3 is 2.29 bits per heavy atom. The van der Waals surface area contributed by atoms with Crippen molar-refractivity contribution < 1.29 is 14.3 Å². The van der Waals surface area contributed by atoms with E-state index in [1.807, 2.05) is 25.1 Å². The summed E-state index contributed by atoms with van der Waals surface area (Å²) in [5.41, 5.74) is 2.26. The second-order valence-electron chi connectivity index (χ2n) is 7.14. The fraction of sp³-hybridized carbons (Fsp3) is 0.640. The van der Waals surface area contributed by atoms with Gasteiger partial charge < -0.3 is 9.47 Å². The summed E-state index contributed by atoms with van der Waals surface area (Å²) >= 11 is 0. The molecule has 1 rings (SSSR count). The summed E-state index contributed by atoms with van der Waals surface area (Å²) in [6, 6.07) is 8.09. The van der Waals surface area contributed by atoms with Crippen LogP contribution >= 0.6 is 0 Å². The molecule has 0 amide bonds. The van der Waals surface area contributed by atoms with Gasteiger partial charge in [-0.2, -0.15) is 0 Å². The molecule has 0 fully saturated rings. The maximum atomic E-state index is 11.5. The monoisotopic (exact) mass is 386 g/mol. The minimum absolute atomic E-state index is 0.148. The largest absolute Gasteiger partial charge is 0.466 e. The first-order valence-electron chi connectivity index (χ1n) is 11.0. The second-order valence-corrected chi connectivity index (χ2v) is 7.14. The number of unbranched alkanes of at least 4 members (excludes halogenated alkanes) is 8. The lowest BCUT2D eigenvalue weighted by atomic mass is 10.0. The van der Waals surface area contributed by atoms with Crippen LogP contribution in [0.25, 0.3) is 0 Å². The van der Waals surface area contributed by atoms with Crippen molar-refractivity contribution in [1.82, 2.24) is 0 Å². The van der Waals surface area contributed by atoms with E-state index in [0.717, 1.165) is 17.5 Å². The van der Waals surface area contributed by atoms with Gasteiger partial charge in [-0.25, -0.2) is 0 Å². The number of carbonyl (C=O) groups excluding carboxylic acids is 1. The highest BCUT2D eigenvalue weighted by Crippen LogP contribution is 2.13. The normalized spacial score (nSPS) is 10.4. The molecule has 3 heteroatoms. The molecule has 0 saturated carbocycles. The molecule has 1 aromatic rings. The van der Waals surface area contributed by atoms with Gasteiger partial charge >= 0.3 is 5.97 Å². The molecule has 0 atom stereocenters. The van der Waals surface area contributed by atoms with Gasteiger partial charge in [0.25, 0.3) is 0 Å². The van der Waals surface area contributed by atoms with E-state index in [-0.39, 0.29) is 5.97 Å². The average Bonchev–Trinajstić information content (AvgIpc) is 2.71. The van der Waals surface area contributed by atoms with Gasteiger partial charge in [-0.3, -0.25) is 4.79 Å². The molecule has 28 heavy (non-hydrogen) atoms. The summed E-state index contributed by atoms with van der Waals surface area (Å²) in [6.07, 6.45) is 12.7. The molecule has 0 radical (unpaired) electrons. The van der Waals surface area contributed by atoms with Crippen LogP contribution in [0.3, 0.4) is 0 Å². The van der Waals surface area contributed by atoms with Crippen molar-refractivity contribution in [3.8, 4) is 11.8 Å². The minimum Gasteiger partial charge on any atom is -0.466 e. The summed E-state index contributed by atoms with van der Waals surface area (Å²) in [5.74, 6) is 6.18. The number of aryl methyl sites for hydroxylation is 1. The van der Waals surface area contributed by atoms with E-state index >= 15 is 0 Å². The molecule has 0 aliphatic heterocycles. The molecule has 3 nitrogen and oxygen atoms in total. The molecule has 156 valence electrons. The quantitative estimate of drug-likeness (QED) is 0.203. The Labute approximate surface area is 172 Å². The van der Waals surface area contributed by atoms with Gasteiger partial charge in [0.1, 0.15) is 6.61 Å². The number of esters is 1. The third-order valence-electron chi connectivity index (χ3n) is 4.73. The average molecular weight is 387 g/mol. The minimum atomic E-state index is -0.148. The Balaban J connectivity index is 2.13. The van der Waals surface area contributed by atoms with Crippen molar-refractivity contribution in [3.63, 3.8) is 0 Å². The van der Waals surface area contributed by atoms with E-state index in [0.29, 0.717) is 32.7 Å². The summed E-state index contributed by atoms with van der Waals surface area (Å²) in [6.45, 7) is 5.51. The molecule has 0 aliphatic rings. The van der Waals surface area contributed by atoms with Crippen LogP contribution in [0, 0.1) is 11.8 Å². The van der Waals surface area contributed by atoms with E-state index in [1.165, 1.54) is 51.4 Å². The molecule has 1 aromatic carbocycles. The van der Waals surface area contributed by atoms with Gasteiger partial charge in [0.05, 0.1) is 13.2 Å². The van der Waals surface area contributed by atoms with Crippen LogP contribution in [0.15, 0.2) is 24.3 Å². The molecule has 0 aromatic heterocycles. The highest BCUT2D eigenvalue weighted by atomic mass is 16.5. The highest BCUT2D eigenvalue weighted by Gasteiger charge is 2.06. The summed E-state index contributed by atoms with van der Waals surface area (Å²) < 4.78 is 10.7. The van der Waals surface area contributed by atoms with Crippen LogP contribution in [0.2, 0.25) is 0 Å². The van der Waals surface area contributed by atoms with E-state index in [4.69, 9.17) is 9.47 Å². The lowest BCUT2D eigenvalue weighted by Gasteiger charge is -2.09. The van der Waals surface area contributed by atoms with Crippen LogP contribution in [-0.2, 0) is 27.3 Å².